The van der Waals surface area contributed by atoms with Crippen molar-refractivity contribution in [1.82, 2.24) is 9.78 Å². The van der Waals surface area contributed by atoms with Crippen LogP contribution < -0.4 is 9.47 Å². The number of hydrogen-bond donors (Lipinski definition) is 0. The number of nitrogens with zero attached hydrogens (tertiary/aromatic N) is 3. The molecule has 0 spiro atoms. The van der Waals surface area contributed by atoms with Gasteiger partial charge in [0.25, 0.3) is 0 Å². The van der Waals surface area contributed by atoms with E-state index in [-0.39, 0.29) is 29.5 Å². The zero-order chi connectivity index (χ0) is 21.1. The SMILES string of the molecule is CCn1ncc([N+](=O)[O-])c1C(=O)C1CCC(c2cc(OC)cc(OC)c2)CC1=O. The van der Waals surface area contributed by atoms with Crippen molar-refractivity contribution in [2.24, 2.45) is 5.92 Å². The van der Waals surface area contributed by atoms with Crippen molar-refractivity contribution >= 4 is 17.3 Å². The second-order valence-electron chi connectivity index (χ2n) is 6.96. The fraction of sp³-hybridized carbons (Fsp3) is 0.450. The van der Waals surface area contributed by atoms with E-state index in [4.69, 9.17) is 9.47 Å². The molecule has 29 heavy (non-hydrogen) atoms. The number of hydrogen-bond acceptors (Lipinski definition) is 7. The number of carbonyl (C=O) groups excluding carboxylic acids is 2. The first-order valence-corrected chi connectivity index (χ1v) is 9.39. The van der Waals surface area contributed by atoms with E-state index in [2.05, 4.69) is 5.10 Å². The summed E-state index contributed by atoms with van der Waals surface area (Å²) in [6.45, 7) is 2.05. The molecule has 1 aliphatic rings. The molecule has 0 aliphatic heterocycles. The average molecular weight is 401 g/mol. The summed E-state index contributed by atoms with van der Waals surface area (Å²) in [6, 6.07) is 5.48. The predicted octanol–water partition coefficient (Wildman–Crippen LogP) is 3.16. The molecule has 2 unspecified atom stereocenters. The number of ketones is 2. The summed E-state index contributed by atoms with van der Waals surface area (Å²) >= 11 is 0. The second kappa shape index (κ2) is 8.42. The minimum atomic E-state index is -0.889. The topological polar surface area (TPSA) is 114 Å². The number of aromatic nitrogens is 2. The molecule has 2 aromatic rings. The van der Waals surface area contributed by atoms with E-state index in [9.17, 15) is 19.7 Å². The van der Waals surface area contributed by atoms with Crippen LogP contribution in [0.25, 0.3) is 0 Å². The fourth-order valence-electron chi connectivity index (χ4n) is 3.81. The molecule has 1 fully saturated rings. The molecular weight excluding hydrogens is 378 g/mol. The quantitative estimate of drug-likeness (QED) is 0.303. The van der Waals surface area contributed by atoms with Crippen LogP contribution in [0.5, 0.6) is 11.5 Å². The number of carbonyl (C=O) groups is 2. The molecule has 2 atom stereocenters. The average Bonchev–Trinajstić information content (AvgIpc) is 3.17. The number of rotatable bonds is 7. The Morgan fingerprint density at radius 1 is 1.24 bits per heavy atom. The van der Waals surface area contributed by atoms with Crippen molar-refractivity contribution < 1.29 is 24.0 Å². The van der Waals surface area contributed by atoms with E-state index < -0.39 is 16.6 Å². The van der Waals surface area contributed by atoms with Gasteiger partial charge in [-0.3, -0.25) is 24.4 Å². The standard InChI is InChI=1S/C20H23N3O6/c1-4-22-19(17(11-21-22)23(26)27)20(25)16-6-5-12(9-18(16)24)13-7-14(28-2)10-15(8-13)29-3/h7-8,10-12,16H,4-6,9H2,1-3H3. The maximum atomic E-state index is 13.0. The molecule has 1 aromatic heterocycles. The van der Waals surface area contributed by atoms with E-state index >= 15 is 0 Å². The highest BCUT2D eigenvalue weighted by Gasteiger charge is 2.39. The van der Waals surface area contributed by atoms with E-state index in [1.807, 2.05) is 12.1 Å². The van der Waals surface area contributed by atoms with Crippen LogP contribution in [0.3, 0.4) is 0 Å². The van der Waals surface area contributed by atoms with Crippen molar-refractivity contribution in [3.8, 4) is 11.5 Å². The molecule has 3 rings (SSSR count). The number of ether oxygens (including phenoxy) is 2. The molecule has 0 saturated heterocycles. The van der Waals surface area contributed by atoms with Crippen molar-refractivity contribution in [3.05, 3.63) is 45.8 Å². The maximum Gasteiger partial charge on any atom is 0.318 e. The molecule has 1 heterocycles. The van der Waals surface area contributed by atoms with Crippen LogP contribution in [0.15, 0.2) is 24.4 Å². The highest BCUT2D eigenvalue weighted by atomic mass is 16.6. The van der Waals surface area contributed by atoms with Gasteiger partial charge in [0.05, 0.1) is 25.1 Å². The largest absolute Gasteiger partial charge is 0.497 e. The summed E-state index contributed by atoms with van der Waals surface area (Å²) in [6.07, 6.45) is 2.18. The van der Waals surface area contributed by atoms with Crippen molar-refractivity contribution in [3.63, 3.8) is 0 Å². The first kappa shape index (κ1) is 20.5. The summed E-state index contributed by atoms with van der Waals surface area (Å²) in [5.74, 6) is -0.435. The second-order valence-corrected chi connectivity index (χ2v) is 6.96. The Hall–Kier alpha value is -3.23. The Morgan fingerprint density at radius 2 is 1.90 bits per heavy atom. The van der Waals surface area contributed by atoms with Gasteiger partial charge in [-0.25, -0.2) is 0 Å². The lowest BCUT2D eigenvalue weighted by Gasteiger charge is -2.27. The van der Waals surface area contributed by atoms with Gasteiger partial charge in [0.2, 0.25) is 0 Å². The lowest BCUT2D eigenvalue weighted by atomic mass is 9.75. The Bertz CT molecular complexity index is 929. The normalized spacial score (nSPS) is 19.1. The number of benzene rings is 1. The van der Waals surface area contributed by atoms with E-state index in [0.29, 0.717) is 30.9 Å². The minimum absolute atomic E-state index is 0.0679. The zero-order valence-corrected chi connectivity index (χ0v) is 16.6. The fourth-order valence-corrected chi connectivity index (χ4v) is 3.81. The molecule has 0 radical (unpaired) electrons. The van der Waals surface area contributed by atoms with Crippen LogP contribution in [0.1, 0.15) is 48.2 Å². The third kappa shape index (κ3) is 3.98. The number of Topliss-reactive ketones (excluding diaryl/α,β-unsaturated/α-hetero) is 2. The molecule has 1 aromatic carbocycles. The molecule has 0 N–H and O–H groups in total. The van der Waals surface area contributed by atoms with E-state index in [1.54, 1.807) is 27.2 Å². The molecule has 0 amide bonds. The summed E-state index contributed by atoms with van der Waals surface area (Å²) in [4.78, 5) is 36.5. The van der Waals surface area contributed by atoms with Crippen LogP contribution in [0.4, 0.5) is 5.69 Å². The van der Waals surface area contributed by atoms with Gasteiger partial charge in [0, 0.05) is 19.0 Å². The summed E-state index contributed by atoms with van der Waals surface area (Å²) in [7, 11) is 3.12. The number of aryl methyl sites for hydroxylation is 1. The summed E-state index contributed by atoms with van der Waals surface area (Å²) in [5.41, 5.74) is 0.451. The molecule has 0 bridgehead atoms. The highest BCUT2D eigenvalue weighted by molar-refractivity contribution is 6.12. The molecule has 1 aliphatic carbocycles. The van der Waals surface area contributed by atoms with Crippen molar-refractivity contribution in [2.45, 2.75) is 38.6 Å². The molecule has 9 nitrogen and oxygen atoms in total. The molecule has 1 saturated carbocycles. The Balaban J connectivity index is 1.83. The first-order chi connectivity index (χ1) is 13.9. The number of methoxy groups -OCH3 is 2. The minimum Gasteiger partial charge on any atom is -0.497 e. The van der Waals surface area contributed by atoms with Gasteiger partial charge in [-0.15, -0.1) is 0 Å². The Labute approximate surface area is 167 Å². The molecular formula is C20H23N3O6. The third-order valence-corrected chi connectivity index (χ3v) is 5.35. The third-order valence-electron chi connectivity index (χ3n) is 5.35. The predicted molar refractivity (Wildman–Crippen MR) is 104 cm³/mol. The molecule has 9 heteroatoms. The van der Waals surface area contributed by atoms with Gasteiger partial charge in [-0.2, -0.15) is 5.10 Å². The van der Waals surface area contributed by atoms with E-state index in [1.165, 1.54) is 4.68 Å². The zero-order valence-electron chi connectivity index (χ0n) is 16.6. The summed E-state index contributed by atoms with van der Waals surface area (Å²) < 4.78 is 11.9. The highest BCUT2D eigenvalue weighted by Crippen LogP contribution is 2.38. The summed E-state index contributed by atoms with van der Waals surface area (Å²) in [5, 5.41) is 15.2. The van der Waals surface area contributed by atoms with Crippen LogP contribution in [-0.2, 0) is 11.3 Å². The Morgan fingerprint density at radius 3 is 2.41 bits per heavy atom. The van der Waals surface area contributed by atoms with Crippen LogP contribution >= 0.6 is 0 Å². The smallest absolute Gasteiger partial charge is 0.318 e. The first-order valence-electron chi connectivity index (χ1n) is 9.39. The molecule has 154 valence electrons. The van der Waals surface area contributed by atoms with Gasteiger partial charge in [0.15, 0.2) is 11.5 Å². The Kier molecular flexibility index (Phi) is 5.95. The van der Waals surface area contributed by atoms with Gasteiger partial charge >= 0.3 is 5.69 Å². The van der Waals surface area contributed by atoms with Crippen LogP contribution in [0.2, 0.25) is 0 Å². The number of nitro groups is 1. The van der Waals surface area contributed by atoms with Gasteiger partial charge in [-0.05, 0) is 43.4 Å². The van der Waals surface area contributed by atoms with Crippen LogP contribution in [0, 0.1) is 16.0 Å². The van der Waals surface area contributed by atoms with E-state index in [0.717, 1.165) is 11.8 Å². The van der Waals surface area contributed by atoms with Gasteiger partial charge in [-0.1, -0.05) is 0 Å². The lowest BCUT2D eigenvalue weighted by molar-refractivity contribution is -0.385. The maximum absolute atomic E-state index is 13.0. The van der Waals surface area contributed by atoms with Gasteiger partial charge < -0.3 is 9.47 Å². The van der Waals surface area contributed by atoms with Crippen LogP contribution in [-0.4, -0.2) is 40.5 Å². The van der Waals surface area contributed by atoms with Crippen molar-refractivity contribution in [2.75, 3.05) is 14.2 Å². The van der Waals surface area contributed by atoms with Crippen molar-refractivity contribution in [1.29, 1.82) is 0 Å². The van der Waals surface area contributed by atoms with Gasteiger partial charge in [0.1, 0.15) is 23.5 Å². The monoisotopic (exact) mass is 401 g/mol. The lowest BCUT2D eigenvalue weighted by Crippen LogP contribution is -2.32.